The lowest BCUT2D eigenvalue weighted by atomic mass is 10.2. The third kappa shape index (κ3) is 4.80. The molecule has 0 saturated carbocycles. The van der Waals surface area contributed by atoms with Crippen LogP contribution in [0.4, 0.5) is 17.2 Å². The predicted octanol–water partition coefficient (Wildman–Crippen LogP) is 4.92. The van der Waals surface area contributed by atoms with Gasteiger partial charge in [-0.2, -0.15) is 10.4 Å². The molecular formula is C27H21N5O3S. The van der Waals surface area contributed by atoms with Crippen LogP contribution in [-0.4, -0.2) is 34.8 Å². The van der Waals surface area contributed by atoms with E-state index in [-0.39, 0.29) is 17.8 Å². The Kier molecular flexibility index (Phi) is 6.69. The van der Waals surface area contributed by atoms with E-state index < -0.39 is 18.5 Å². The van der Waals surface area contributed by atoms with E-state index in [1.165, 1.54) is 10.9 Å². The second-order valence-electron chi connectivity index (χ2n) is 7.91. The SMILES string of the molecule is N#Cc1cnn(-c2ccccc2)c1NC(=O)COC(=O)CCN1c2ccccc2Sc2ccccc21. The molecule has 1 N–H and O–H groups in total. The fraction of sp³-hybridized carbons (Fsp3) is 0.111. The summed E-state index contributed by atoms with van der Waals surface area (Å²) in [6.07, 6.45) is 1.48. The monoisotopic (exact) mass is 495 g/mol. The van der Waals surface area contributed by atoms with Gasteiger partial charge in [-0.15, -0.1) is 0 Å². The van der Waals surface area contributed by atoms with Crippen molar-refractivity contribution in [1.82, 2.24) is 9.78 Å². The number of rotatable bonds is 7. The van der Waals surface area contributed by atoms with Crippen molar-refractivity contribution in [1.29, 1.82) is 5.26 Å². The number of anilines is 3. The van der Waals surface area contributed by atoms with Gasteiger partial charge in [0.1, 0.15) is 11.6 Å². The van der Waals surface area contributed by atoms with Crippen molar-refractivity contribution in [3.05, 3.63) is 90.6 Å². The molecule has 0 fully saturated rings. The highest BCUT2D eigenvalue weighted by molar-refractivity contribution is 7.99. The van der Waals surface area contributed by atoms with Gasteiger partial charge in [0.05, 0.1) is 29.7 Å². The standard InChI is InChI=1S/C27H21N5O3S/c28-16-19-17-29-32(20-8-2-1-3-9-20)27(19)30-25(33)18-35-26(34)14-15-31-21-10-4-6-12-23(21)36-24-13-7-5-11-22(24)31/h1-13,17H,14-15,18H2,(H,30,33). The van der Waals surface area contributed by atoms with Crippen LogP contribution in [0.3, 0.4) is 0 Å². The first-order chi connectivity index (χ1) is 17.6. The number of hydrogen-bond donors (Lipinski definition) is 1. The van der Waals surface area contributed by atoms with Gasteiger partial charge >= 0.3 is 5.97 Å². The number of hydrogen-bond acceptors (Lipinski definition) is 7. The first-order valence-electron chi connectivity index (χ1n) is 11.3. The Labute approximate surface area is 212 Å². The Morgan fingerprint density at radius 2 is 1.58 bits per heavy atom. The minimum atomic E-state index is -0.553. The molecule has 4 aromatic rings. The highest BCUT2D eigenvalue weighted by atomic mass is 32.2. The Morgan fingerprint density at radius 1 is 0.944 bits per heavy atom. The molecule has 1 aliphatic rings. The molecule has 0 saturated heterocycles. The minimum Gasteiger partial charge on any atom is -0.456 e. The molecule has 0 atom stereocenters. The largest absolute Gasteiger partial charge is 0.456 e. The van der Waals surface area contributed by atoms with Crippen molar-refractivity contribution in [2.75, 3.05) is 23.4 Å². The van der Waals surface area contributed by atoms with Crippen molar-refractivity contribution < 1.29 is 14.3 Å². The van der Waals surface area contributed by atoms with Crippen LogP contribution in [0.15, 0.2) is 94.9 Å². The average molecular weight is 496 g/mol. The van der Waals surface area contributed by atoms with Gasteiger partial charge in [0.15, 0.2) is 12.4 Å². The predicted molar refractivity (Wildman–Crippen MR) is 136 cm³/mol. The lowest BCUT2D eigenvalue weighted by molar-refractivity contribution is -0.147. The lowest BCUT2D eigenvalue weighted by Gasteiger charge is -2.32. The van der Waals surface area contributed by atoms with Crippen molar-refractivity contribution in [3.63, 3.8) is 0 Å². The maximum atomic E-state index is 12.5. The number of benzene rings is 3. The quantitative estimate of drug-likeness (QED) is 0.363. The van der Waals surface area contributed by atoms with Gasteiger partial charge in [0.2, 0.25) is 0 Å². The third-order valence-electron chi connectivity index (χ3n) is 5.58. The van der Waals surface area contributed by atoms with Crippen molar-refractivity contribution in [3.8, 4) is 11.8 Å². The number of fused-ring (bicyclic) bond motifs is 2. The molecule has 9 heteroatoms. The topological polar surface area (TPSA) is 100 Å². The molecule has 36 heavy (non-hydrogen) atoms. The molecule has 1 aliphatic heterocycles. The normalized spacial score (nSPS) is 11.7. The Hall–Kier alpha value is -4.55. The first-order valence-corrected chi connectivity index (χ1v) is 12.1. The van der Waals surface area contributed by atoms with E-state index in [9.17, 15) is 14.9 Å². The van der Waals surface area contributed by atoms with E-state index >= 15 is 0 Å². The molecular weight excluding hydrogens is 474 g/mol. The minimum absolute atomic E-state index is 0.103. The number of para-hydroxylation sites is 3. The number of carbonyl (C=O) groups excluding carboxylic acids is 2. The summed E-state index contributed by atoms with van der Waals surface area (Å²) in [6.45, 7) is -0.0545. The number of nitriles is 1. The number of aromatic nitrogens is 2. The zero-order valence-corrected chi connectivity index (χ0v) is 19.9. The van der Waals surface area contributed by atoms with Crippen LogP contribution in [0.2, 0.25) is 0 Å². The molecule has 0 unspecified atom stereocenters. The number of ether oxygens (including phenoxy) is 1. The van der Waals surface area contributed by atoms with Crippen LogP contribution >= 0.6 is 11.8 Å². The van der Waals surface area contributed by atoms with E-state index in [2.05, 4.69) is 27.4 Å². The summed E-state index contributed by atoms with van der Waals surface area (Å²) in [4.78, 5) is 29.4. The van der Waals surface area contributed by atoms with Crippen molar-refractivity contribution in [2.45, 2.75) is 16.2 Å². The van der Waals surface area contributed by atoms with Crippen LogP contribution in [0.25, 0.3) is 5.69 Å². The zero-order chi connectivity index (χ0) is 24.9. The van der Waals surface area contributed by atoms with Crippen LogP contribution in [0.1, 0.15) is 12.0 Å². The maximum Gasteiger partial charge on any atom is 0.308 e. The summed E-state index contributed by atoms with van der Waals surface area (Å²) in [5.74, 6) is -0.818. The molecule has 178 valence electrons. The summed E-state index contributed by atoms with van der Waals surface area (Å²) in [5, 5.41) is 16.2. The zero-order valence-electron chi connectivity index (χ0n) is 19.1. The van der Waals surface area contributed by atoms with Crippen LogP contribution < -0.4 is 10.2 Å². The van der Waals surface area contributed by atoms with Crippen LogP contribution in [-0.2, 0) is 14.3 Å². The maximum absolute atomic E-state index is 12.5. The Bertz CT molecular complexity index is 1420. The summed E-state index contributed by atoms with van der Waals surface area (Å²) < 4.78 is 6.70. The fourth-order valence-electron chi connectivity index (χ4n) is 3.93. The van der Waals surface area contributed by atoms with E-state index in [1.807, 2.05) is 60.7 Å². The van der Waals surface area contributed by atoms with Crippen LogP contribution in [0.5, 0.6) is 0 Å². The molecule has 0 bridgehead atoms. The number of esters is 1. The van der Waals surface area contributed by atoms with E-state index in [0.717, 1.165) is 21.2 Å². The summed E-state index contributed by atoms with van der Waals surface area (Å²) in [7, 11) is 0. The second kappa shape index (κ2) is 10.4. The Morgan fingerprint density at radius 3 is 2.25 bits per heavy atom. The fourth-order valence-corrected chi connectivity index (χ4v) is 5.02. The van der Waals surface area contributed by atoms with Gasteiger partial charge in [0, 0.05) is 16.3 Å². The number of amides is 1. The number of carbonyl (C=O) groups is 2. The molecule has 5 rings (SSSR count). The summed E-state index contributed by atoms with van der Waals surface area (Å²) in [6, 6.07) is 27.2. The van der Waals surface area contributed by atoms with Crippen molar-refractivity contribution >= 4 is 40.8 Å². The number of nitrogens with zero attached hydrogens (tertiary/aromatic N) is 4. The van der Waals surface area contributed by atoms with E-state index in [0.29, 0.717) is 12.2 Å². The number of nitrogens with one attached hydrogen (secondary N) is 1. The Balaban J connectivity index is 1.21. The average Bonchev–Trinajstić information content (AvgIpc) is 3.32. The van der Waals surface area contributed by atoms with Gasteiger partial charge in [-0.1, -0.05) is 54.2 Å². The van der Waals surface area contributed by atoms with Crippen LogP contribution in [0, 0.1) is 11.3 Å². The van der Waals surface area contributed by atoms with Gasteiger partial charge in [-0.3, -0.25) is 9.59 Å². The van der Waals surface area contributed by atoms with E-state index in [4.69, 9.17) is 4.74 Å². The highest BCUT2D eigenvalue weighted by Crippen LogP contribution is 2.47. The molecule has 3 aromatic carbocycles. The highest BCUT2D eigenvalue weighted by Gasteiger charge is 2.23. The molecule has 1 amide bonds. The summed E-state index contributed by atoms with van der Waals surface area (Å²) in [5.41, 5.74) is 2.96. The van der Waals surface area contributed by atoms with Crippen molar-refractivity contribution in [2.24, 2.45) is 0 Å². The first kappa shape index (κ1) is 23.2. The second-order valence-corrected chi connectivity index (χ2v) is 9.00. The molecule has 0 aliphatic carbocycles. The van der Waals surface area contributed by atoms with E-state index in [1.54, 1.807) is 23.9 Å². The third-order valence-corrected chi connectivity index (χ3v) is 6.71. The molecule has 8 nitrogen and oxygen atoms in total. The van der Waals surface area contributed by atoms with Gasteiger partial charge in [0.25, 0.3) is 5.91 Å². The molecule has 1 aromatic heterocycles. The summed E-state index contributed by atoms with van der Waals surface area (Å²) >= 11 is 1.70. The molecule has 0 spiro atoms. The van der Waals surface area contributed by atoms with Gasteiger partial charge in [-0.25, -0.2) is 4.68 Å². The smallest absolute Gasteiger partial charge is 0.308 e. The molecule has 0 radical (unpaired) electrons. The lowest BCUT2D eigenvalue weighted by Crippen LogP contribution is -2.26. The van der Waals surface area contributed by atoms with Gasteiger partial charge < -0.3 is 15.0 Å². The van der Waals surface area contributed by atoms with Gasteiger partial charge in [-0.05, 0) is 36.4 Å². The molecule has 2 heterocycles.